The van der Waals surface area contributed by atoms with Crippen LogP contribution < -0.4 is 0 Å². The molecule has 23 heavy (non-hydrogen) atoms. The summed E-state index contributed by atoms with van der Waals surface area (Å²) in [6.07, 6.45) is 0. The molecule has 0 aliphatic heterocycles. The fourth-order valence-corrected chi connectivity index (χ4v) is 2.70. The van der Waals surface area contributed by atoms with Gasteiger partial charge in [0, 0.05) is 0 Å². The fraction of sp³-hybridized carbons (Fsp3) is 0.263. The normalized spacial score (nSPS) is 11.3. The SMILES string of the molecule is Cc1ccc(-c2cc(C(=O)O)ccc2C(=O)O)cc1C(C)(C)C. The van der Waals surface area contributed by atoms with Gasteiger partial charge in [-0.1, -0.05) is 39.0 Å². The highest BCUT2D eigenvalue weighted by molar-refractivity contribution is 5.99. The monoisotopic (exact) mass is 312 g/mol. The summed E-state index contributed by atoms with van der Waals surface area (Å²) in [6.45, 7) is 8.27. The lowest BCUT2D eigenvalue weighted by atomic mass is 9.82. The van der Waals surface area contributed by atoms with Gasteiger partial charge in [0.15, 0.2) is 0 Å². The number of rotatable bonds is 3. The molecular weight excluding hydrogens is 292 g/mol. The van der Waals surface area contributed by atoms with E-state index in [-0.39, 0.29) is 16.5 Å². The minimum absolute atomic E-state index is 0.0721. The van der Waals surface area contributed by atoms with E-state index < -0.39 is 11.9 Å². The Morgan fingerprint density at radius 2 is 1.57 bits per heavy atom. The summed E-state index contributed by atoms with van der Waals surface area (Å²) in [4.78, 5) is 22.7. The Kier molecular flexibility index (Phi) is 4.28. The minimum atomic E-state index is -1.08. The third-order valence-electron chi connectivity index (χ3n) is 3.85. The zero-order valence-corrected chi connectivity index (χ0v) is 13.7. The van der Waals surface area contributed by atoms with Crippen molar-refractivity contribution in [3.8, 4) is 11.1 Å². The molecule has 0 unspecified atom stereocenters. The maximum absolute atomic E-state index is 11.5. The molecule has 0 radical (unpaired) electrons. The Morgan fingerprint density at radius 3 is 2.09 bits per heavy atom. The van der Waals surface area contributed by atoms with E-state index in [2.05, 4.69) is 20.8 Å². The molecule has 2 rings (SSSR count). The summed E-state index contributed by atoms with van der Waals surface area (Å²) in [6, 6.07) is 9.80. The van der Waals surface area contributed by atoms with Gasteiger partial charge in [-0.3, -0.25) is 0 Å². The highest BCUT2D eigenvalue weighted by atomic mass is 16.4. The summed E-state index contributed by atoms with van der Waals surface area (Å²) in [5.41, 5.74) is 3.43. The predicted octanol–water partition coefficient (Wildman–Crippen LogP) is 4.36. The van der Waals surface area contributed by atoms with Crippen LogP contribution in [-0.4, -0.2) is 22.2 Å². The Morgan fingerprint density at radius 1 is 0.913 bits per heavy atom. The molecule has 0 spiro atoms. The van der Waals surface area contributed by atoms with Gasteiger partial charge >= 0.3 is 11.9 Å². The first kappa shape index (κ1) is 16.7. The van der Waals surface area contributed by atoms with E-state index in [0.717, 1.165) is 11.1 Å². The zero-order valence-electron chi connectivity index (χ0n) is 13.7. The van der Waals surface area contributed by atoms with E-state index in [4.69, 9.17) is 5.11 Å². The van der Waals surface area contributed by atoms with Crippen molar-refractivity contribution in [1.29, 1.82) is 0 Å². The molecule has 0 aliphatic rings. The van der Waals surface area contributed by atoms with Crippen LogP contribution in [0.15, 0.2) is 36.4 Å². The van der Waals surface area contributed by atoms with E-state index in [0.29, 0.717) is 11.1 Å². The lowest BCUT2D eigenvalue weighted by molar-refractivity contribution is 0.0682. The van der Waals surface area contributed by atoms with Crippen LogP contribution in [0, 0.1) is 6.92 Å². The summed E-state index contributed by atoms with van der Waals surface area (Å²) in [5.74, 6) is -2.15. The number of carbonyl (C=O) groups is 2. The van der Waals surface area contributed by atoms with Crippen LogP contribution in [0.3, 0.4) is 0 Å². The first-order valence-corrected chi connectivity index (χ1v) is 7.33. The van der Waals surface area contributed by atoms with Crippen LogP contribution in [0.5, 0.6) is 0 Å². The van der Waals surface area contributed by atoms with Gasteiger partial charge in [0.05, 0.1) is 11.1 Å². The molecule has 4 nitrogen and oxygen atoms in total. The smallest absolute Gasteiger partial charge is 0.336 e. The molecule has 0 saturated heterocycles. The first-order valence-electron chi connectivity index (χ1n) is 7.33. The molecule has 0 heterocycles. The molecule has 0 saturated carbocycles. The van der Waals surface area contributed by atoms with Crippen molar-refractivity contribution < 1.29 is 19.8 Å². The molecule has 0 fully saturated rings. The van der Waals surface area contributed by atoms with Crippen molar-refractivity contribution in [2.75, 3.05) is 0 Å². The first-order chi connectivity index (χ1) is 10.6. The fourth-order valence-electron chi connectivity index (χ4n) is 2.70. The summed E-state index contributed by atoms with van der Waals surface area (Å²) >= 11 is 0. The molecule has 0 amide bonds. The lowest BCUT2D eigenvalue weighted by Crippen LogP contribution is -2.13. The molecule has 2 N–H and O–H groups in total. The van der Waals surface area contributed by atoms with Gasteiger partial charge in [0.2, 0.25) is 0 Å². The quantitative estimate of drug-likeness (QED) is 0.883. The van der Waals surface area contributed by atoms with Crippen LogP contribution in [0.4, 0.5) is 0 Å². The second-order valence-corrected chi connectivity index (χ2v) is 6.65. The van der Waals surface area contributed by atoms with Crippen molar-refractivity contribution in [2.24, 2.45) is 0 Å². The number of hydrogen-bond acceptors (Lipinski definition) is 2. The Labute approximate surface area is 135 Å². The van der Waals surface area contributed by atoms with Gasteiger partial charge < -0.3 is 10.2 Å². The van der Waals surface area contributed by atoms with Crippen molar-refractivity contribution in [1.82, 2.24) is 0 Å². The van der Waals surface area contributed by atoms with Gasteiger partial charge in [0.1, 0.15) is 0 Å². The average Bonchev–Trinajstić information content (AvgIpc) is 2.45. The third kappa shape index (κ3) is 3.42. The lowest BCUT2D eigenvalue weighted by Gasteiger charge is -2.23. The highest BCUT2D eigenvalue weighted by Gasteiger charge is 2.20. The molecule has 120 valence electrons. The molecule has 4 heteroatoms. The van der Waals surface area contributed by atoms with Crippen LogP contribution in [0.2, 0.25) is 0 Å². The van der Waals surface area contributed by atoms with Crippen molar-refractivity contribution in [3.05, 3.63) is 58.7 Å². The largest absolute Gasteiger partial charge is 0.478 e. The van der Waals surface area contributed by atoms with E-state index in [1.54, 1.807) is 0 Å². The standard InChI is InChI=1S/C19H20O4/c1-11-5-6-12(10-16(11)19(2,3)4)15-9-13(17(20)21)7-8-14(15)18(22)23/h5-10H,1-4H3,(H,20,21)(H,22,23). The molecule has 0 bridgehead atoms. The summed E-state index contributed by atoms with van der Waals surface area (Å²) < 4.78 is 0. The second-order valence-electron chi connectivity index (χ2n) is 6.65. The van der Waals surface area contributed by atoms with Crippen LogP contribution in [-0.2, 0) is 5.41 Å². The number of benzene rings is 2. The van der Waals surface area contributed by atoms with Gasteiger partial charge in [-0.05, 0) is 52.8 Å². The number of carboxylic acid groups (broad SMARTS) is 2. The number of aromatic carboxylic acids is 2. The Bertz CT molecular complexity index is 782. The topological polar surface area (TPSA) is 74.6 Å². The van der Waals surface area contributed by atoms with Gasteiger partial charge in [-0.2, -0.15) is 0 Å². The molecule has 2 aromatic rings. The van der Waals surface area contributed by atoms with E-state index in [1.807, 2.05) is 25.1 Å². The summed E-state index contributed by atoms with van der Waals surface area (Å²) in [5, 5.41) is 18.6. The second kappa shape index (κ2) is 5.88. The van der Waals surface area contributed by atoms with Crippen LogP contribution in [0.1, 0.15) is 52.6 Å². The van der Waals surface area contributed by atoms with E-state index in [1.165, 1.54) is 18.2 Å². The summed E-state index contributed by atoms with van der Waals surface area (Å²) in [7, 11) is 0. The van der Waals surface area contributed by atoms with Crippen molar-refractivity contribution >= 4 is 11.9 Å². The molecular formula is C19H20O4. The average molecular weight is 312 g/mol. The third-order valence-corrected chi connectivity index (χ3v) is 3.85. The Balaban J connectivity index is 2.72. The van der Waals surface area contributed by atoms with Crippen molar-refractivity contribution in [3.63, 3.8) is 0 Å². The van der Waals surface area contributed by atoms with E-state index in [9.17, 15) is 14.7 Å². The minimum Gasteiger partial charge on any atom is -0.478 e. The number of aryl methyl sites for hydroxylation is 1. The van der Waals surface area contributed by atoms with Crippen molar-refractivity contribution in [2.45, 2.75) is 33.1 Å². The van der Waals surface area contributed by atoms with Crippen LogP contribution >= 0.6 is 0 Å². The number of hydrogen-bond donors (Lipinski definition) is 2. The maximum atomic E-state index is 11.5. The molecule has 2 aromatic carbocycles. The molecule has 0 aromatic heterocycles. The zero-order chi connectivity index (χ0) is 17.4. The van der Waals surface area contributed by atoms with Crippen LogP contribution in [0.25, 0.3) is 11.1 Å². The van der Waals surface area contributed by atoms with Gasteiger partial charge in [-0.15, -0.1) is 0 Å². The molecule has 0 atom stereocenters. The maximum Gasteiger partial charge on any atom is 0.336 e. The Hall–Kier alpha value is -2.62. The highest BCUT2D eigenvalue weighted by Crippen LogP contribution is 2.32. The van der Waals surface area contributed by atoms with E-state index >= 15 is 0 Å². The molecule has 0 aliphatic carbocycles. The predicted molar refractivity (Wildman–Crippen MR) is 89.2 cm³/mol. The van der Waals surface area contributed by atoms with Gasteiger partial charge in [0.25, 0.3) is 0 Å². The van der Waals surface area contributed by atoms with Gasteiger partial charge in [-0.25, -0.2) is 9.59 Å². The number of carboxylic acids is 2.